The van der Waals surface area contributed by atoms with Gasteiger partial charge in [-0.2, -0.15) is 0 Å². The highest BCUT2D eigenvalue weighted by molar-refractivity contribution is 5.92. The summed E-state index contributed by atoms with van der Waals surface area (Å²) in [4.78, 5) is 18.3. The van der Waals surface area contributed by atoms with Crippen molar-refractivity contribution < 1.29 is 4.79 Å². The van der Waals surface area contributed by atoms with Gasteiger partial charge in [-0.25, -0.2) is 4.98 Å². The normalized spacial score (nSPS) is 27.6. The van der Waals surface area contributed by atoms with Crippen molar-refractivity contribution in [1.29, 1.82) is 0 Å². The van der Waals surface area contributed by atoms with Gasteiger partial charge in [-0.15, -0.1) is 0 Å². The van der Waals surface area contributed by atoms with Crippen molar-refractivity contribution in [1.82, 2.24) is 9.88 Å². The van der Waals surface area contributed by atoms with Gasteiger partial charge in [-0.1, -0.05) is 6.42 Å². The number of nitrogens with zero attached hydrogens (tertiary/aromatic N) is 2. The molecule has 1 aromatic heterocycles. The lowest BCUT2D eigenvalue weighted by atomic mass is 9.88. The van der Waals surface area contributed by atoms with Crippen LogP contribution in [-0.4, -0.2) is 29.4 Å². The smallest absolute Gasteiger partial charge is 0.272 e. The number of anilines is 1. The third kappa shape index (κ3) is 2.50. The van der Waals surface area contributed by atoms with Crippen molar-refractivity contribution >= 4 is 11.6 Å². The second kappa shape index (κ2) is 5.40. The van der Waals surface area contributed by atoms with E-state index < -0.39 is 0 Å². The lowest BCUT2D eigenvalue weighted by Gasteiger charge is -2.27. The van der Waals surface area contributed by atoms with E-state index in [1.165, 1.54) is 25.7 Å². The molecule has 20 heavy (non-hydrogen) atoms. The summed E-state index contributed by atoms with van der Waals surface area (Å²) in [5, 5.41) is 0. The number of hydrazine groups is 1. The molecule has 2 aliphatic rings. The van der Waals surface area contributed by atoms with Gasteiger partial charge in [0.05, 0.1) is 11.9 Å². The lowest BCUT2D eigenvalue weighted by molar-refractivity contribution is 0.0748. The molecule has 2 aliphatic carbocycles. The molecule has 1 aromatic rings. The molecule has 108 valence electrons. The van der Waals surface area contributed by atoms with Crippen molar-refractivity contribution in [2.45, 2.75) is 25.7 Å². The first-order chi connectivity index (χ1) is 9.67. The molecule has 2 bridgehead atoms. The van der Waals surface area contributed by atoms with Crippen LogP contribution in [0.4, 0.5) is 5.69 Å². The van der Waals surface area contributed by atoms with Crippen LogP contribution in [0.3, 0.4) is 0 Å². The summed E-state index contributed by atoms with van der Waals surface area (Å²) in [7, 11) is 1.88. The third-order valence-electron chi connectivity index (χ3n) is 4.89. The third-order valence-corrected chi connectivity index (χ3v) is 4.89. The Kier molecular flexibility index (Phi) is 3.61. The van der Waals surface area contributed by atoms with Crippen molar-refractivity contribution in [2.75, 3.05) is 19.0 Å². The molecule has 3 unspecified atom stereocenters. The van der Waals surface area contributed by atoms with E-state index in [0.717, 1.165) is 18.4 Å². The van der Waals surface area contributed by atoms with Crippen LogP contribution in [0.5, 0.6) is 0 Å². The number of pyridine rings is 1. The summed E-state index contributed by atoms with van der Waals surface area (Å²) in [6.45, 7) is 0.860. The molecule has 1 amide bonds. The Morgan fingerprint density at radius 3 is 2.85 bits per heavy atom. The van der Waals surface area contributed by atoms with Gasteiger partial charge in [-0.05, 0) is 49.1 Å². The molecular formula is C15H22N4O. The number of carbonyl (C=O) groups excluding carboxylic acids is 1. The van der Waals surface area contributed by atoms with Gasteiger partial charge in [0.25, 0.3) is 5.91 Å². The van der Waals surface area contributed by atoms with E-state index in [0.29, 0.717) is 17.3 Å². The molecule has 0 aliphatic heterocycles. The Labute approximate surface area is 119 Å². The molecule has 5 nitrogen and oxygen atoms in total. The topological polar surface area (TPSA) is 71.2 Å². The Morgan fingerprint density at radius 2 is 2.30 bits per heavy atom. The molecule has 0 aromatic carbocycles. The number of nitrogen functional groups attached to an aromatic ring is 1. The van der Waals surface area contributed by atoms with Crippen molar-refractivity contribution in [3.05, 3.63) is 24.0 Å². The first-order valence-corrected chi connectivity index (χ1v) is 7.35. The Hall–Kier alpha value is -1.62. The first-order valence-electron chi connectivity index (χ1n) is 7.35. The number of nitrogens with two attached hydrogens (primary N) is 1. The van der Waals surface area contributed by atoms with Crippen LogP contribution in [0.1, 0.15) is 36.2 Å². The van der Waals surface area contributed by atoms with Crippen molar-refractivity contribution in [3.63, 3.8) is 0 Å². The maximum Gasteiger partial charge on any atom is 0.272 e. The molecule has 3 N–H and O–H groups in total. The van der Waals surface area contributed by atoms with Crippen LogP contribution >= 0.6 is 0 Å². The van der Waals surface area contributed by atoms with Crippen LogP contribution < -0.4 is 11.3 Å². The van der Waals surface area contributed by atoms with Crippen LogP contribution in [0.15, 0.2) is 18.3 Å². The minimum Gasteiger partial charge on any atom is -0.340 e. The van der Waals surface area contributed by atoms with Gasteiger partial charge < -0.3 is 10.3 Å². The Bertz CT molecular complexity index is 487. The van der Waals surface area contributed by atoms with E-state index in [1.54, 1.807) is 18.3 Å². The average Bonchev–Trinajstić information content (AvgIpc) is 3.09. The van der Waals surface area contributed by atoms with Gasteiger partial charge in [0.2, 0.25) is 0 Å². The predicted octanol–water partition coefficient (Wildman–Crippen LogP) is 1.88. The largest absolute Gasteiger partial charge is 0.340 e. The molecule has 0 saturated heterocycles. The van der Waals surface area contributed by atoms with E-state index in [1.807, 2.05) is 11.9 Å². The minimum atomic E-state index is -0.00338. The maximum absolute atomic E-state index is 12.4. The van der Waals surface area contributed by atoms with E-state index in [2.05, 4.69) is 10.4 Å². The highest BCUT2D eigenvalue weighted by Crippen LogP contribution is 2.48. The second-order valence-electron chi connectivity index (χ2n) is 6.20. The van der Waals surface area contributed by atoms with E-state index in [4.69, 9.17) is 5.84 Å². The van der Waals surface area contributed by atoms with Gasteiger partial charge in [-0.3, -0.25) is 10.6 Å². The van der Waals surface area contributed by atoms with Crippen LogP contribution in [0, 0.1) is 17.8 Å². The number of fused-ring (bicyclic) bond motifs is 2. The summed E-state index contributed by atoms with van der Waals surface area (Å²) in [6, 6.07) is 3.49. The zero-order valence-corrected chi connectivity index (χ0v) is 11.9. The highest BCUT2D eigenvalue weighted by Gasteiger charge is 2.40. The molecule has 3 rings (SSSR count). The number of hydrogen-bond acceptors (Lipinski definition) is 4. The number of aromatic nitrogens is 1. The maximum atomic E-state index is 12.4. The molecule has 2 fully saturated rings. The summed E-state index contributed by atoms with van der Waals surface area (Å²) < 4.78 is 0. The Morgan fingerprint density at radius 1 is 1.45 bits per heavy atom. The summed E-state index contributed by atoms with van der Waals surface area (Å²) in [6.07, 6.45) is 7.01. The quantitative estimate of drug-likeness (QED) is 0.649. The number of nitrogens with one attached hydrogen (secondary N) is 1. The predicted molar refractivity (Wildman–Crippen MR) is 77.9 cm³/mol. The van der Waals surface area contributed by atoms with E-state index in [9.17, 15) is 4.79 Å². The van der Waals surface area contributed by atoms with E-state index >= 15 is 0 Å². The molecule has 3 atom stereocenters. The zero-order valence-electron chi connectivity index (χ0n) is 11.9. The first kappa shape index (κ1) is 13.4. The van der Waals surface area contributed by atoms with Gasteiger partial charge in [0.15, 0.2) is 0 Å². The standard InChI is InChI=1S/C15H22N4O/c1-19(9-12-7-10-2-3-11(12)6-10)15(20)14-5-4-13(18-16)8-17-14/h4-5,8,10-12,18H,2-3,6-7,9,16H2,1H3. The molecule has 0 radical (unpaired) electrons. The molecule has 0 spiro atoms. The average molecular weight is 274 g/mol. The van der Waals surface area contributed by atoms with E-state index in [-0.39, 0.29) is 5.91 Å². The van der Waals surface area contributed by atoms with Crippen LogP contribution in [-0.2, 0) is 0 Å². The number of hydrogen-bond donors (Lipinski definition) is 2. The van der Waals surface area contributed by atoms with Gasteiger partial charge >= 0.3 is 0 Å². The summed E-state index contributed by atoms with van der Waals surface area (Å²) in [5.41, 5.74) is 3.70. The highest BCUT2D eigenvalue weighted by atomic mass is 16.2. The fraction of sp³-hybridized carbons (Fsp3) is 0.600. The van der Waals surface area contributed by atoms with Crippen molar-refractivity contribution in [3.8, 4) is 0 Å². The van der Waals surface area contributed by atoms with Gasteiger partial charge in [0, 0.05) is 13.6 Å². The molecule has 5 heteroatoms. The SMILES string of the molecule is CN(CC1CC2CCC1C2)C(=O)c1ccc(NN)cn1. The minimum absolute atomic E-state index is 0.00338. The monoisotopic (exact) mass is 274 g/mol. The number of amides is 1. The zero-order chi connectivity index (χ0) is 14.1. The van der Waals surface area contributed by atoms with Gasteiger partial charge in [0.1, 0.15) is 5.69 Å². The fourth-order valence-electron chi connectivity index (χ4n) is 3.84. The molecule has 1 heterocycles. The summed E-state index contributed by atoms with van der Waals surface area (Å²) >= 11 is 0. The van der Waals surface area contributed by atoms with Crippen molar-refractivity contribution in [2.24, 2.45) is 23.6 Å². The number of rotatable bonds is 4. The van der Waals surface area contributed by atoms with Crippen LogP contribution in [0.2, 0.25) is 0 Å². The Balaban J connectivity index is 1.61. The fourth-order valence-corrected chi connectivity index (χ4v) is 3.84. The molecular weight excluding hydrogens is 252 g/mol. The lowest BCUT2D eigenvalue weighted by Crippen LogP contribution is -2.34. The summed E-state index contributed by atoms with van der Waals surface area (Å²) in [5.74, 6) is 7.74. The van der Waals surface area contributed by atoms with Crippen LogP contribution in [0.25, 0.3) is 0 Å². The number of carbonyl (C=O) groups is 1. The second-order valence-corrected chi connectivity index (χ2v) is 6.20. The molecule has 2 saturated carbocycles.